The van der Waals surface area contributed by atoms with Crippen LogP contribution in [0, 0.1) is 11.3 Å². The Bertz CT molecular complexity index is 696. The number of benzene rings is 2. The van der Waals surface area contributed by atoms with Crippen LogP contribution in [-0.2, 0) is 0 Å². The molecule has 0 radical (unpaired) electrons. The summed E-state index contributed by atoms with van der Waals surface area (Å²) in [6, 6.07) is 10.9. The maximum absolute atomic E-state index is 8.96. The van der Waals surface area contributed by atoms with E-state index in [2.05, 4.69) is 53.9 Å². The molecule has 20 heavy (non-hydrogen) atoms. The van der Waals surface area contributed by atoms with Crippen LogP contribution in [0.1, 0.15) is 5.56 Å². The Kier molecular flexibility index (Phi) is 5.08. The van der Waals surface area contributed by atoms with E-state index in [0.717, 1.165) is 13.4 Å². The molecule has 0 saturated carbocycles. The van der Waals surface area contributed by atoms with Crippen molar-refractivity contribution in [1.82, 2.24) is 0 Å². The first-order valence-corrected chi connectivity index (χ1v) is 7.83. The zero-order valence-electron chi connectivity index (χ0n) is 10.3. The normalized spacial score (nSPS) is 9.95. The van der Waals surface area contributed by atoms with E-state index in [1.807, 2.05) is 6.07 Å². The second-order valence-corrected chi connectivity index (χ2v) is 6.43. The minimum atomic E-state index is 0.526. The number of rotatable bonds is 3. The molecule has 0 amide bonds. The van der Waals surface area contributed by atoms with E-state index in [1.165, 1.54) is 0 Å². The van der Waals surface area contributed by atoms with Crippen LogP contribution in [-0.4, -0.2) is 7.11 Å². The number of methoxy groups -OCH3 is 1. The summed E-state index contributed by atoms with van der Waals surface area (Å²) in [7, 11) is 1.60. The molecule has 2 aromatic rings. The van der Waals surface area contributed by atoms with Gasteiger partial charge in [0.1, 0.15) is 17.2 Å². The van der Waals surface area contributed by atoms with E-state index in [9.17, 15) is 0 Å². The van der Waals surface area contributed by atoms with Crippen molar-refractivity contribution in [2.24, 2.45) is 0 Å². The number of ether oxygens (including phenoxy) is 2. The van der Waals surface area contributed by atoms with E-state index >= 15 is 0 Å². The Balaban J connectivity index is 2.38. The highest BCUT2D eigenvalue weighted by atomic mass is 79.9. The zero-order valence-corrected chi connectivity index (χ0v) is 15.0. The van der Waals surface area contributed by atoms with Gasteiger partial charge in [0.05, 0.1) is 27.7 Å². The van der Waals surface area contributed by atoms with Gasteiger partial charge in [-0.2, -0.15) is 5.26 Å². The van der Waals surface area contributed by atoms with E-state index in [4.69, 9.17) is 14.7 Å². The highest BCUT2D eigenvalue weighted by Gasteiger charge is 2.10. The van der Waals surface area contributed by atoms with Gasteiger partial charge < -0.3 is 9.47 Å². The van der Waals surface area contributed by atoms with Crippen LogP contribution < -0.4 is 9.47 Å². The highest BCUT2D eigenvalue weighted by Crippen LogP contribution is 2.38. The van der Waals surface area contributed by atoms with Crippen LogP contribution in [0.2, 0.25) is 0 Å². The SMILES string of the molecule is COc1cc(Br)c(Oc2cc(Br)cc(C#N)c2)cc1Br. The third kappa shape index (κ3) is 3.54. The van der Waals surface area contributed by atoms with Crippen molar-refractivity contribution >= 4 is 47.8 Å². The second kappa shape index (κ2) is 6.61. The number of halogens is 3. The molecule has 0 aliphatic rings. The van der Waals surface area contributed by atoms with E-state index in [0.29, 0.717) is 22.8 Å². The lowest BCUT2D eigenvalue weighted by atomic mass is 10.2. The molecule has 2 aromatic carbocycles. The summed E-state index contributed by atoms with van der Waals surface area (Å²) in [6.07, 6.45) is 0. The van der Waals surface area contributed by atoms with Crippen LogP contribution in [0.15, 0.2) is 43.7 Å². The van der Waals surface area contributed by atoms with Crippen molar-refractivity contribution in [3.8, 4) is 23.3 Å². The largest absolute Gasteiger partial charge is 0.496 e. The molecule has 2 rings (SSSR count). The van der Waals surface area contributed by atoms with Gasteiger partial charge in [0.25, 0.3) is 0 Å². The first-order chi connectivity index (χ1) is 9.53. The van der Waals surface area contributed by atoms with Crippen LogP contribution in [0.5, 0.6) is 17.2 Å². The monoisotopic (exact) mass is 459 g/mol. The van der Waals surface area contributed by atoms with Gasteiger partial charge in [-0.1, -0.05) is 15.9 Å². The fourth-order valence-electron chi connectivity index (χ4n) is 1.56. The molecule has 0 heterocycles. The van der Waals surface area contributed by atoms with Gasteiger partial charge >= 0.3 is 0 Å². The molecule has 0 atom stereocenters. The molecular formula is C14H8Br3NO2. The standard InChI is InChI=1S/C14H8Br3NO2/c1-19-13-5-12(17)14(6-11(13)16)20-10-3-8(7-18)2-9(15)4-10/h2-6H,1H3. The lowest BCUT2D eigenvalue weighted by Crippen LogP contribution is -1.90. The number of hydrogen-bond acceptors (Lipinski definition) is 3. The third-order valence-electron chi connectivity index (χ3n) is 2.43. The van der Waals surface area contributed by atoms with Crippen LogP contribution in [0.25, 0.3) is 0 Å². The Hall–Kier alpha value is -1.03. The van der Waals surface area contributed by atoms with Crippen LogP contribution in [0.4, 0.5) is 0 Å². The van der Waals surface area contributed by atoms with Gasteiger partial charge in [-0.15, -0.1) is 0 Å². The molecule has 0 N–H and O–H groups in total. The molecule has 0 aromatic heterocycles. The summed E-state index contributed by atoms with van der Waals surface area (Å²) in [5.41, 5.74) is 0.526. The lowest BCUT2D eigenvalue weighted by Gasteiger charge is -2.11. The van der Waals surface area contributed by atoms with Crippen LogP contribution >= 0.6 is 47.8 Å². The lowest BCUT2D eigenvalue weighted by molar-refractivity contribution is 0.409. The van der Waals surface area contributed by atoms with Crippen molar-refractivity contribution in [2.45, 2.75) is 0 Å². The topological polar surface area (TPSA) is 42.2 Å². The number of nitriles is 1. The first-order valence-electron chi connectivity index (χ1n) is 5.45. The molecule has 0 spiro atoms. The van der Waals surface area contributed by atoms with Crippen molar-refractivity contribution in [1.29, 1.82) is 5.26 Å². The number of hydrogen-bond donors (Lipinski definition) is 0. The number of nitrogens with zero attached hydrogens (tertiary/aromatic N) is 1. The van der Waals surface area contributed by atoms with Gasteiger partial charge in [-0.25, -0.2) is 0 Å². The van der Waals surface area contributed by atoms with Gasteiger partial charge in [0, 0.05) is 4.47 Å². The summed E-state index contributed by atoms with van der Waals surface area (Å²) in [5, 5.41) is 8.96. The van der Waals surface area contributed by atoms with Crippen molar-refractivity contribution in [3.05, 3.63) is 49.3 Å². The zero-order chi connectivity index (χ0) is 14.7. The average Bonchev–Trinajstić information content (AvgIpc) is 2.41. The maximum Gasteiger partial charge on any atom is 0.143 e. The molecule has 0 saturated heterocycles. The minimum Gasteiger partial charge on any atom is -0.496 e. The summed E-state index contributed by atoms with van der Waals surface area (Å²) in [5.74, 6) is 1.91. The minimum absolute atomic E-state index is 0.526. The van der Waals surface area contributed by atoms with Gasteiger partial charge in [0.15, 0.2) is 0 Å². The predicted octanol–water partition coefficient (Wildman–Crippen LogP) is 5.65. The fraction of sp³-hybridized carbons (Fsp3) is 0.0714. The Labute approximate surface area is 141 Å². The molecule has 6 heteroatoms. The molecule has 102 valence electrons. The molecule has 0 aliphatic heterocycles. The fourth-order valence-corrected chi connectivity index (χ4v) is 2.92. The van der Waals surface area contributed by atoms with E-state index in [1.54, 1.807) is 31.4 Å². The molecule has 0 bridgehead atoms. The third-order valence-corrected chi connectivity index (χ3v) is 4.13. The molecular weight excluding hydrogens is 454 g/mol. The summed E-state index contributed by atoms with van der Waals surface area (Å²) in [6.45, 7) is 0. The Morgan fingerprint density at radius 1 is 0.950 bits per heavy atom. The van der Waals surface area contributed by atoms with Gasteiger partial charge in [0.2, 0.25) is 0 Å². The van der Waals surface area contributed by atoms with Crippen molar-refractivity contribution in [2.75, 3.05) is 7.11 Å². The summed E-state index contributed by atoms with van der Waals surface area (Å²) >= 11 is 10.2. The van der Waals surface area contributed by atoms with Gasteiger partial charge in [-0.3, -0.25) is 0 Å². The molecule has 0 aliphatic carbocycles. The highest BCUT2D eigenvalue weighted by molar-refractivity contribution is 9.11. The Morgan fingerprint density at radius 2 is 1.60 bits per heavy atom. The average molecular weight is 462 g/mol. The molecule has 3 nitrogen and oxygen atoms in total. The predicted molar refractivity (Wildman–Crippen MR) is 87.3 cm³/mol. The molecule has 0 fully saturated rings. The van der Waals surface area contributed by atoms with Crippen molar-refractivity contribution in [3.63, 3.8) is 0 Å². The molecule has 0 unspecified atom stereocenters. The smallest absolute Gasteiger partial charge is 0.143 e. The Morgan fingerprint density at radius 3 is 2.25 bits per heavy atom. The van der Waals surface area contributed by atoms with E-state index in [-0.39, 0.29) is 0 Å². The van der Waals surface area contributed by atoms with Crippen LogP contribution in [0.3, 0.4) is 0 Å². The van der Waals surface area contributed by atoms with Crippen molar-refractivity contribution < 1.29 is 9.47 Å². The first kappa shape index (κ1) is 15.4. The second-order valence-electron chi connectivity index (χ2n) is 3.81. The van der Waals surface area contributed by atoms with E-state index < -0.39 is 0 Å². The van der Waals surface area contributed by atoms with Gasteiger partial charge in [-0.05, 0) is 62.2 Å². The quantitative estimate of drug-likeness (QED) is 0.593. The summed E-state index contributed by atoms with van der Waals surface area (Å²) < 4.78 is 13.3. The maximum atomic E-state index is 8.96. The summed E-state index contributed by atoms with van der Waals surface area (Å²) in [4.78, 5) is 0.